The van der Waals surface area contributed by atoms with Crippen molar-refractivity contribution in [2.45, 2.75) is 0 Å². The van der Waals surface area contributed by atoms with E-state index in [9.17, 15) is 0 Å². The van der Waals surface area contributed by atoms with Crippen LogP contribution < -0.4 is 4.74 Å². The Morgan fingerprint density at radius 2 is 2.15 bits per heavy atom. The van der Waals surface area contributed by atoms with Gasteiger partial charge in [-0.25, -0.2) is 9.97 Å². The van der Waals surface area contributed by atoms with Crippen LogP contribution in [0.1, 0.15) is 0 Å². The van der Waals surface area contributed by atoms with E-state index in [1.807, 2.05) is 18.2 Å². The van der Waals surface area contributed by atoms with Gasteiger partial charge >= 0.3 is 0 Å². The van der Waals surface area contributed by atoms with Crippen molar-refractivity contribution in [1.29, 1.82) is 0 Å². The minimum atomic E-state index is 0.465. The third-order valence-electron chi connectivity index (χ3n) is 1.80. The summed E-state index contributed by atoms with van der Waals surface area (Å²) >= 11 is 5.86. The Labute approximate surface area is 80.3 Å². The minimum absolute atomic E-state index is 0.465. The second-order valence-electron chi connectivity index (χ2n) is 2.55. The first-order valence-corrected chi connectivity index (χ1v) is 4.13. The van der Waals surface area contributed by atoms with Crippen LogP contribution in [-0.4, -0.2) is 17.1 Å². The number of aromatic nitrogens is 2. The summed E-state index contributed by atoms with van der Waals surface area (Å²) in [5.74, 6) is 0.766. The minimum Gasteiger partial charge on any atom is -0.497 e. The van der Waals surface area contributed by atoms with Crippen LogP contribution in [0.25, 0.3) is 10.9 Å². The van der Waals surface area contributed by atoms with E-state index in [0.717, 1.165) is 16.7 Å². The van der Waals surface area contributed by atoms with E-state index in [4.69, 9.17) is 16.3 Å². The molecule has 1 aromatic carbocycles. The molecule has 0 saturated carbocycles. The lowest BCUT2D eigenvalue weighted by Crippen LogP contribution is -1.86. The topological polar surface area (TPSA) is 35.0 Å². The Morgan fingerprint density at radius 1 is 1.31 bits per heavy atom. The summed E-state index contributed by atoms with van der Waals surface area (Å²) < 4.78 is 5.06. The van der Waals surface area contributed by atoms with Gasteiger partial charge in [0.05, 0.1) is 12.6 Å². The van der Waals surface area contributed by atoms with Gasteiger partial charge in [0.1, 0.15) is 17.2 Å². The zero-order chi connectivity index (χ0) is 9.26. The number of hydrogen-bond acceptors (Lipinski definition) is 3. The number of halogens is 1. The Balaban J connectivity index is 2.72. The molecule has 3 nitrogen and oxygen atoms in total. The molecule has 0 atom stereocenters. The molecule has 0 amide bonds. The van der Waals surface area contributed by atoms with Gasteiger partial charge in [-0.15, -0.1) is 0 Å². The average Bonchev–Trinajstić information content (AvgIpc) is 2.18. The molecule has 66 valence electrons. The maximum atomic E-state index is 5.86. The van der Waals surface area contributed by atoms with Crippen LogP contribution in [0.3, 0.4) is 0 Å². The van der Waals surface area contributed by atoms with Crippen LogP contribution >= 0.6 is 11.6 Å². The summed E-state index contributed by atoms with van der Waals surface area (Å²) in [7, 11) is 1.62. The molecule has 0 aliphatic carbocycles. The summed E-state index contributed by atoms with van der Waals surface area (Å²) in [4.78, 5) is 7.95. The second kappa shape index (κ2) is 3.18. The monoisotopic (exact) mass is 194 g/mol. The van der Waals surface area contributed by atoms with Crippen molar-refractivity contribution in [3.8, 4) is 5.75 Å². The van der Waals surface area contributed by atoms with Crippen LogP contribution in [0.15, 0.2) is 24.5 Å². The summed E-state index contributed by atoms with van der Waals surface area (Å²) in [6.07, 6.45) is 1.43. The molecule has 0 N–H and O–H groups in total. The van der Waals surface area contributed by atoms with Gasteiger partial charge in [0.15, 0.2) is 0 Å². The number of benzene rings is 1. The van der Waals surface area contributed by atoms with Crippen LogP contribution in [0, 0.1) is 0 Å². The van der Waals surface area contributed by atoms with E-state index in [-0.39, 0.29) is 0 Å². The highest BCUT2D eigenvalue weighted by Gasteiger charge is 2.01. The fourth-order valence-electron chi connectivity index (χ4n) is 1.13. The van der Waals surface area contributed by atoms with E-state index in [0.29, 0.717) is 5.15 Å². The fraction of sp³-hybridized carbons (Fsp3) is 0.111. The molecule has 13 heavy (non-hydrogen) atoms. The summed E-state index contributed by atoms with van der Waals surface area (Å²) in [5.41, 5.74) is 0.791. The van der Waals surface area contributed by atoms with Gasteiger partial charge in [-0.05, 0) is 12.1 Å². The average molecular weight is 195 g/mol. The van der Waals surface area contributed by atoms with Crippen molar-refractivity contribution in [2.75, 3.05) is 7.11 Å². The van der Waals surface area contributed by atoms with Crippen molar-refractivity contribution in [3.63, 3.8) is 0 Å². The van der Waals surface area contributed by atoms with Gasteiger partial charge in [0.25, 0.3) is 0 Å². The smallest absolute Gasteiger partial charge is 0.140 e. The largest absolute Gasteiger partial charge is 0.497 e. The summed E-state index contributed by atoms with van der Waals surface area (Å²) in [6.45, 7) is 0. The molecule has 0 aliphatic heterocycles. The highest BCUT2D eigenvalue weighted by atomic mass is 35.5. The third kappa shape index (κ3) is 1.42. The molecule has 4 heteroatoms. The highest BCUT2D eigenvalue weighted by molar-refractivity contribution is 6.34. The van der Waals surface area contributed by atoms with Gasteiger partial charge in [0.2, 0.25) is 0 Å². The zero-order valence-electron chi connectivity index (χ0n) is 6.99. The van der Waals surface area contributed by atoms with Gasteiger partial charge in [-0.1, -0.05) is 11.6 Å². The van der Waals surface area contributed by atoms with E-state index in [2.05, 4.69) is 9.97 Å². The molecule has 1 aromatic heterocycles. The number of nitrogens with zero attached hydrogens (tertiary/aromatic N) is 2. The molecule has 0 fully saturated rings. The quantitative estimate of drug-likeness (QED) is 0.654. The van der Waals surface area contributed by atoms with E-state index in [1.165, 1.54) is 6.33 Å². The molecular formula is C9H7ClN2O. The maximum absolute atomic E-state index is 5.86. The first kappa shape index (κ1) is 8.26. The van der Waals surface area contributed by atoms with Gasteiger partial charge in [0, 0.05) is 11.5 Å². The second-order valence-corrected chi connectivity index (χ2v) is 2.91. The lowest BCUT2D eigenvalue weighted by Gasteiger charge is -2.01. The Hall–Kier alpha value is -1.35. The van der Waals surface area contributed by atoms with Crippen molar-refractivity contribution in [1.82, 2.24) is 9.97 Å². The molecule has 2 rings (SSSR count). The van der Waals surface area contributed by atoms with Gasteiger partial charge in [-0.3, -0.25) is 0 Å². The maximum Gasteiger partial charge on any atom is 0.140 e. The SMILES string of the molecule is COc1ccc2c(Cl)ncnc2c1. The first-order chi connectivity index (χ1) is 6.31. The molecule has 1 heterocycles. The molecule has 0 radical (unpaired) electrons. The zero-order valence-corrected chi connectivity index (χ0v) is 7.75. The number of hydrogen-bond donors (Lipinski definition) is 0. The summed E-state index contributed by atoms with van der Waals surface area (Å²) in [5, 5.41) is 1.30. The van der Waals surface area contributed by atoms with Crippen LogP contribution in [-0.2, 0) is 0 Å². The van der Waals surface area contributed by atoms with Crippen LogP contribution in [0.4, 0.5) is 0 Å². The normalized spacial score (nSPS) is 10.3. The summed E-state index contributed by atoms with van der Waals surface area (Å²) in [6, 6.07) is 5.50. The van der Waals surface area contributed by atoms with Crippen molar-refractivity contribution in [3.05, 3.63) is 29.7 Å². The van der Waals surface area contributed by atoms with Crippen molar-refractivity contribution in [2.24, 2.45) is 0 Å². The standard InChI is InChI=1S/C9H7ClN2O/c1-13-6-2-3-7-8(4-6)11-5-12-9(7)10/h2-5H,1H3. The number of rotatable bonds is 1. The molecular weight excluding hydrogens is 188 g/mol. The molecule has 0 unspecified atom stereocenters. The lowest BCUT2D eigenvalue weighted by molar-refractivity contribution is 0.415. The lowest BCUT2D eigenvalue weighted by atomic mass is 10.2. The predicted octanol–water partition coefficient (Wildman–Crippen LogP) is 2.29. The molecule has 0 spiro atoms. The van der Waals surface area contributed by atoms with E-state index in [1.54, 1.807) is 7.11 Å². The van der Waals surface area contributed by atoms with E-state index < -0.39 is 0 Å². The third-order valence-corrected chi connectivity index (χ3v) is 2.10. The molecule has 0 saturated heterocycles. The Morgan fingerprint density at radius 3 is 2.92 bits per heavy atom. The van der Waals surface area contributed by atoms with Gasteiger partial charge in [-0.2, -0.15) is 0 Å². The predicted molar refractivity (Wildman–Crippen MR) is 51.1 cm³/mol. The fourth-order valence-corrected chi connectivity index (χ4v) is 1.33. The van der Waals surface area contributed by atoms with Crippen LogP contribution in [0.2, 0.25) is 5.15 Å². The number of fused-ring (bicyclic) bond motifs is 1. The molecule has 2 aromatic rings. The van der Waals surface area contributed by atoms with Gasteiger partial charge < -0.3 is 4.74 Å². The van der Waals surface area contributed by atoms with Crippen LogP contribution in [0.5, 0.6) is 5.75 Å². The number of methoxy groups -OCH3 is 1. The molecule has 0 bridgehead atoms. The molecule has 0 aliphatic rings. The highest BCUT2D eigenvalue weighted by Crippen LogP contribution is 2.22. The Kier molecular flexibility index (Phi) is 2.02. The van der Waals surface area contributed by atoms with E-state index >= 15 is 0 Å². The Bertz CT molecular complexity index is 445. The van der Waals surface area contributed by atoms with Crippen molar-refractivity contribution >= 4 is 22.5 Å². The first-order valence-electron chi connectivity index (χ1n) is 3.75. The van der Waals surface area contributed by atoms with Crippen molar-refractivity contribution < 1.29 is 4.74 Å². The number of ether oxygens (including phenoxy) is 1.